The summed E-state index contributed by atoms with van der Waals surface area (Å²) in [7, 11) is 0. The molecule has 0 saturated carbocycles. The molecule has 2 atom stereocenters. The van der Waals surface area contributed by atoms with Crippen molar-refractivity contribution in [3.63, 3.8) is 0 Å². The van der Waals surface area contributed by atoms with Gasteiger partial charge in [0.25, 0.3) is 0 Å². The van der Waals surface area contributed by atoms with Gasteiger partial charge in [-0.1, -0.05) is 92.8 Å². The fraction of sp³-hybridized carbons (Fsp3) is 1.00. The van der Waals surface area contributed by atoms with Crippen molar-refractivity contribution < 1.29 is 4.74 Å². The van der Waals surface area contributed by atoms with E-state index >= 15 is 0 Å². The van der Waals surface area contributed by atoms with E-state index in [0.29, 0.717) is 0 Å². The van der Waals surface area contributed by atoms with Gasteiger partial charge in [-0.3, -0.25) is 0 Å². The van der Waals surface area contributed by atoms with Crippen molar-refractivity contribution in [3.05, 3.63) is 0 Å². The Bertz CT molecular complexity index is 200. The third-order valence-corrected chi connectivity index (χ3v) is 4.86. The Hall–Kier alpha value is 2.28. The van der Waals surface area contributed by atoms with Crippen molar-refractivity contribution >= 4 is 92.8 Å². The first-order valence-electron chi connectivity index (χ1n) is 3.42. The lowest BCUT2D eigenvalue weighted by Crippen LogP contribution is -2.48. The molecule has 1 nitrogen and oxygen atoms in total. The van der Waals surface area contributed by atoms with Crippen molar-refractivity contribution in [2.45, 2.75) is 31.6 Å². The molecule has 0 aromatic rings. The summed E-state index contributed by atoms with van der Waals surface area (Å²) in [5.41, 5.74) is 0. The summed E-state index contributed by atoms with van der Waals surface area (Å²) in [6, 6.07) is 0. The molecule has 2 unspecified atom stereocenters. The third-order valence-electron chi connectivity index (χ3n) is 1.40. The smallest absolute Gasteiger partial charge is 0.232 e. The summed E-state index contributed by atoms with van der Waals surface area (Å²) in [6.45, 7) is 2.58. The quantitative estimate of drug-likeness (QED) is 0.565. The van der Waals surface area contributed by atoms with Crippen LogP contribution in [0.5, 0.6) is 0 Å². The molecule has 0 amide bonds. The van der Waals surface area contributed by atoms with Crippen LogP contribution in [-0.2, 0) is 4.74 Å². The van der Waals surface area contributed by atoms with E-state index in [1.54, 1.807) is 0 Å². The zero-order valence-electron chi connectivity index (χ0n) is 7.43. The second-order valence-corrected chi connectivity index (χ2v) is 8.94. The average molecular weight is 378 g/mol. The van der Waals surface area contributed by atoms with Gasteiger partial charge in [0.2, 0.25) is 7.59 Å². The lowest BCUT2D eigenvalue weighted by Gasteiger charge is -2.39. The molecule has 0 N–H and O–H groups in total. The topological polar surface area (TPSA) is 9.23 Å². The summed E-state index contributed by atoms with van der Waals surface area (Å²) in [6.07, 6.45) is 0. The lowest BCUT2D eigenvalue weighted by molar-refractivity contribution is -0.0427. The first-order valence-corrected chi connectivity index (χ1v) is 6.44. The molecule has 0 radical (unpaired) electrons. The zero-order valence-corrected chi connectivity index (χ0v) is 13.5. The summed E-state index contributed by atoms with van der Waals surface area (Å²) >= 11 is 45.1. The SMILES string of the molecule is CC(Cl)(OC(C)(Cl)C(Cl)(Cl)Cl)C(Cl)(Cl)Cl. The van der Waals surface area contributed by atoms with Gasteiger partial charge in [-0.25, -0.2) is 0 Å². The Morgan fingerprint density at radius 1 is 0.600 bits per heavy atom. The average Bonchev–Trinajstić information content (AvgIpc) is 1.77. The maximum absolute atomic E-state index is 5.82. The van der Waals surface area contributed by atoms with Crippen LogP contribution >= 0.6 is 92.8 Å². The van der Waals surface area contributed by atoms with Crippen LogP contribution in [0.25, 0.3) is 0 Å². The van der Waals surface area contributed by atoms with Crippen LogP contribution in [0.1, 0.15) is 13.8 Å². The van der Waals surface area contributed by atoms with Gasteiger partial charge in [0.15, 0.2) is 10.1 Å². The maximum atomic E-state index is 5.82. The van der Waals surface area contributed by atoms with E-state index in [4.69, 9.17) is 97.5 Å². The minimum atomic E-state index is -1.93. The number of ether oxygens (including phenoxy) is 1. The van der Waals surface area contributed by atoms with Gasteiger partial charge >= 0.3 is 0 Å². The highest BCUT2D eigenvalue weighted by Crippen LogP contribution is 2.51. The van der Waals surface area contributed by atoms with Gasteiger partial charge in [-0.2, -0.15) is 0 Å². The zero-order chi connectivity index (χ0) is 12.7. The molecule has 15 heavy (non-hydrogen) atoms. The number of halogens is 8. The molecule has 0 saturated heterocycles. The van der Waals surface area contributed by atoms with E-state index < -0.39 is 17.7 Å². The number of alkyl halides is 8. The Kier molecular flexibility index (Phi) is 5.88. The molecule has 0 spiro atoms. The molecule has 0 aromatic carbocycles. The molecule has 0 aliphatic heterocycles. The minimum Gasteiger partial charge on any atom is -0.330 e. The van der Waals surface area contributed by atoms with Crippen molar-refractivity contribution in [2.24, 2.45) is 0 Å². The molecule has 0 rings (SSSR count). The summed E-state index contributed by atoms with van der Waals surface area (Å²) in [5, 5.41) is -3.48. The second kappa shape index (κ2) is 5.11. The van der Waals surface area contributed by atoms with Gasteiger partial charge in [0, 0.05) is 0 Å². The lowest BCUT2D eigenvalue weighted by atomic mass is 10.4. The van der Waals surface area contributed by atoms with E-state index in [1.807, 2.05) is 0 Å². The van der Waals surface area contributed by atoms with Crippen molar-refractivity contribution in [1.29, 1.82) is 0 Å². The molecule has 0 heterocycles. The Morgan fingerprint density at radius 3 is 0.933 bits per heavy atom. The monoisotopic (exact) mass is 374 g/mol. The Labute approximate surface area is 128 Å². The largest absolute Gasteiger partial charge is 0.330 e. The standard InChI is InChI=1S/C6H6Cl8O/c1-3(7,5(9,10)11)15-4(2,8)6(12,13)14/h1-2H3. The van der Waals surface area contributed by atoms with E-state index in [2.05, 4.69) is 0 Å². The Balaban J connectivity index is 4.89. The maximum Gasteiger partial charge on any atom is 0.232 e. The van der Waals surface area contributed by atoms with Crippen LogP contribution in [-0.4, -0.2) is 17.7 Å². The van der Waals surface area contributed by atoms with Crippen LogP contribution in [0.4, 0.5) is 0 Å². The fourth-order valence-electron chi connectivity index (χ4n) is 0.476. The van der Waals surface area contributed by atoms with E-state index in [1.165, 1.54) is 13.8 Å². The minimum absolute atomic E-state index is 1.29. The highest BCUT2D eigenvalue weighted by Gasteiger charge is 2.54. The number of hydrogen-bond acceptors (Lipinski definition) is 1. The fourth-order valence-corrected chi connectivity index (χ4v) is 1.06. The first-order chi connectivity index (χ1) is 6.21. The third kappa shape index (κ3) is 4.81. The van der Waals surface area contributed by atoms with Crippen molar-refractivity contribution in [1.82, 2.24) is 0 Å². The van der Waals surface area contributed by atoms with Crippen LogP contribution in [0.3, 0.4) is 0 Å². The molecule has 0 aromatic heterocycles. The Morgan fingerprint density at radius 2 is 0.800 bits per heavy atom. The van der Waals surface area contributed by atoms with E-state index in [0.717, 1.165) is 0 Å². The van der Waals surface area contributed by atoms with Gasteiger partial charge < -0.3 is 4.74 Å². The summed E-state index contributed by atoms with van der Waals surface area (Å²) in [4.78, 5) is 0. The van der Waals surface area contributed by atoms with Gasteiger partial charge in [-0.15, -0.1) is 0 Å². The molecule has 0 aliphatic carbocycles. The number of rotatable bonds is 2. The van der Waals surface area contributed by atoms with Gasteiger partial charge in [0.05, 0.1) is 0 Å². The molecule has 9 heteroatoms. The molecule has 0 aliphatic rings. The normalized spacial score (nSPS) is 22.0. The molecular weight excluding hydrogens is 372 g/mol. The van der Waals surface area contributed by atoms with Gasteiger partial charge in [-0.05, 0) is 13.8 Å². The molecule has 0 bridgehead atoms. The summed E-state index contributed by atoms with van der Waals surface area (Å²) < 4.78 is 1.23. The van der Waals surface area contributed by atoms with Crippen LogP contribution < -0.4 is 0 Å². The molecule has 92 valence electrons. The second-order valence-electron chi connectivity index (χ2n) is 2.93. The van der Waals surface area contributed by atoms with Crippen LogP contribution in [0.2, 0.25) is 0 Å². The van der Waals surface area contributed by atoms with Crippen LogP contribution in [0.15, 0.2) is 0 Å². The van der Waals surface area contributed by atoms with E-state index in [-0.39, 0.29) is 0 Å². The molecular formula is C6H6Cl8O. The summed E-state index contributed by atoms with van der Waals surface area (Å²) in [5.74, 6) is 0. The van der Waals surface area contributed by atoms with E-state index in [9.17, 15) is 0 Å². The van der Waals surface area contributed by atoms with Gasteiger partial charge in [0.1, 0.15) is 0 Å². The predicted octanol–water partition coefficient (Wildman–Crippen LogP) is 5.65. The highest BCUT2D eigenvalue weighted by atomic mass is 35.6. The predicted molar refractivity (Wildman–Crippen MR) is 70.2 cm³/mol. The van der Waals surface area contributed by atoms with Crippen molar-refractivity contribution in [3.8, 4) is 0 Å². The van der Waals surface area contributed by atoms with Crippen LogP contribution in [0, 0.1) is 0 Å². The molecule has 0 fully saturated rings. The highest BCUT2D eigenvalue weighted by molar-refractivity contribution is 6.71. The van der Waals surface area contributed by atoms with Crippen molar-refractivity contribution in [2.75, 3.05) is 0 Å². The first kappa shape index (κ1) is 17.3. The number of hydrogen-bond donors (Lipinski definition) is 0.